The minimum atomic E-state index is -0.350. The van der Waals surface area contributed by atoms with Gasteiger partial charge in [0.25, 0.3) is 0 Å². The molecule has 0 saturated heterocycles. The normalized spacial score (nSPS) is 10.4. The summed E-state index contributed by atoms with van der Waals surface area (Å²) in [5.41, 5.74) is 6.48. The Morgan fingerprint density at radius 1 is 1.41 bits per heavy atom. The molecule has 1 aromatic carbocycles. The molecule has 17 heavy (non-hydrogen) atoms. The first-order valence-electron chi connectivity index (χ1n) is 5.69. The van der Waals surface area contributed by atoms with Crippen molar-refractivity contribution in [1.82, 2.24) is 0 Å². The van der Waals surface area contributed by atoms with Crippen LogP contribution in [-0.2, 0) is 16.1 Å². The molecule has 1 rings (SSSR count). The van der Waals surface area contributed by atoms with Crippen LogP contribution in [0.3, 0.4) is 0 Å². The second-order valence-corrected chi connectivity index (χ2v) is 4.22. The number of hydrogen-bond acceptors (Lipinski definition) is 4. The number of nitrogens with two attached hydrogens (primary N) is 1. The van der Waals surface area contributed by atoms with Crippen LogP contribution in [0.25, 0.3) is 0 Å². The van der Waals surface area contributed by atoms with E-state index in [-0.39, 0.29) is 12.6 Å². The maximum atomic E-state index is 11.3. The van der Waals surface area contributed by atoms with Crippen molar-refractivity contribution < 1.29 is 14.3 Å². The van der Waals surface area contributed by atoms with E-state index in [4.69, 9.17) is 15.2 Å². The van der Waals surface area contributed by atoms with Gasteiger partial charge < -0.3 is 15.2 Å². The Labute approximate surface area is 102 Å². The second kappa shape index (κ2) is 6.91. The maximum absolute atomic E-state index is 11.3. The summed E-state index contributed by atoms with van der Waals surface area (Å²) in [5, 5.41) is 0. The molecule has 0 aliphatic heterocycles. The van der Waals surface area contributed by atoms with Crippen molar-refractivity contribution in [3.8, 4) is 5.75 Å². The number of hydrogen-bond donors (Lipinski definition) is 1. The van der Waals surface area contributed by atoms with Gasteiger partial charge in [0.15, 0.2) is 6.61 Å². The molecule has 0 radical (unpaired) electrons. The van der Waals surface area contributed by atoms with E-state index >= 15 is 0 Å². The van der Waals surface area contributed by atoms with Gasteiger partial charge in [-0.05, 0) is 23.6 Å². The molecule has 0 fully saturated rings. The standard InChI is InChI=1S/C13H19NO3/c1-10(2)8-17-13(15)9-16-12-5-3-4-11(6-12)7-14/h3-6,10H,7-9,14H2,1-2H3. The summed E-state index contributed by atoms with van der Waals surface area (Å²) in [6.07, 6.45) is 0. The number of ether oxygens (including phenoxy) is 2. The smallest absolute Gasteiger partial charge is 0.344 e. The fourth-order valence-electron chi connectivity index (χ4n) is 1.21. The Kier molecular flexibility index (Phi) is 5.49. The van der Waals surface area contributed by atoms with E-state index in [0.717, 1.165) is 5.56 Å². The van der Waals surface area contributed by atoms with E-state index in [1.165, 1.54) is 0 Å². The van der Waals surface area contributed by atoms with Gasteiger partial charge in [-0.2, -0.15) is 0 Å². The minimum absolute atomic E-state index is 0.0687. The average molecular weight is 237 g/mol. The van der Waals surface area contributed by atoms with Crippen LogP contribution in [0, 0.1) is 5.92 Å². The van der Waals surface area contributed by atoms with E-state index in [0.29, 0.717) is 24.8 Å². The molecule has 0 saturated carbocycles. The topological polar surface area (TPSA) is 61.5 Å². The fourth-order valence-corrected chi connectivity index (χ4v) is 1.21. The molecule has 0 aromatic heterocycles. The lowest BCUT2D eigenvalue weighted by Gasteiger charge is -2.09. The first kappa shape index (κ1) is 13.5. The predicted octanol–water partition coefficient (Wildman–Crippen LogP) is 1.72. The zero-order valence-corrected chi connectivity index (χ0v) is 10.3. The van der Waals surface area contributed by atoms with Crippen LogP contribution >= 0.6 is 0 Å². The van der Waals surface area contributed by atoms with Gasteiger partial charge in [0, 0.05) is 6.54 Å². The number of esters is 1. The first-order chi connectivity index (χ1) is 8.11. The monoisotopic (exact) mass is 237 g/mol. The zero-order chi connectivity index (χ0) is 12.7. The molecule has 0 amide bonds. The summed E-state index contributed by atoms with van der Waals surface area (Å²) in [4.78, 5) is 11.3. The maximum Gasteiger partial charge on any atom is 0.344 e. The van der Waals surface area contributed by atoms with Gasteiger partial charge >= 0.3 is 5.97 Å². The molecule has 1 aromatic rings. The van der Waals surface area contributed by atoms with Gasteiger partial charge in [0.2, 0.25) is 0 Å². The highest BCUT2D eigenvalue weighted by atomic mass is 16.6. The van der Waals surface area contributed by atoms with Crippen LogP contribution in [0.2, 0.25) is 0 Å². The third-order valence-electron chi connectivity index (χ3n) is 2.07. The van der Waals surface area contributed by atoms with Crippen molar-refractivity contribution in [3.63, 3.8) is 0 Å². The van der Waals surface area contributed by atoms with E-state index < -0.39 is 0 Å². The molecule has 0 aliphatic carbocycles. The number of rotatable bonds is 6. The second-order valence-electron chi connectivity index (χ2n) is 4.22. The molecule has 4 heteroatoms. The zero-order valence-electron chi connectivity index (χ0n) is 10.3. The van der Waals surface area contributed by atoms with Crippen LogP contribution < -0.4 is 10.5 Å². The van der Waals surface area contributed by atoms with Crippen molar-refractivity contribution in [2.45, 2.75) is 20.4 Å². The van der Waals surface area contributed by atoms with Gasteiger partial charge in [-0.25, -0.2) is 4.79 Å². The summed E-state index contributed by atoms with van der Waals surface area (Å²) < 4.78 is 10.3. The Bertz CT molecular complexity index is 363. The van der Waals surface area contributed by atoms with Crippen LogP contribution in [0.1, 0.15) is 19.4 Å². The van der Waals surface area contributed by atoms with Crippen molar-refractivity contribution in [1.29, 1.82) is 0 Å². The van der Waals surface area contributed by atoms with Gasteiger partial charge in [0.05, 0.1) is 6.61 Å². The lowest BCUT2D eigenvalue weighted by atomic mass is 10.2. The van der Waals surface area contributed by atoms with Crippen LogP contribution in [0.4, 0.5) is 0 Å². The molecular formula is C13H19NO3. The summed E-state index contributed by atoms with van der Waals surface area (Å²) in [5.74, 6) is 0.616. The van der Waals surface area contributed by atoms with Crippen molar-refractivity contribution in [2.75, 3.05) is 13.2 Å². The van der Waals surface area contributed by atoms with Gasteiger partial charge in [-0.1, -0.05) is 26.0 Å². The summed E-state index contributed by atoms with van der Waals surface area (Å²) in [6.45, 7) is 4.78. The van der Waals surface area contributed by atoms with Gasteiger partial charge in [-0.15, -0.1) is 0 Å². The Hall–Kier alpha value is -1.55. The molecule has 94 valence electrons. The fraction of sp³-hybridized carbons (Fsp3) is 0.462. The molecule has 0 heterocycles. The van der Waals surface area contributed by atoms with Gasteiger partial charge in [0.1, 0.15) is 5.75 Å². The third kappa shape index (κ3) is 5.36. The molecule has 4 nitrogen and oxygen atoms in total. The van der Waals surface area contributed by atoms with E-state index in [1.807, 2.05) is 32.0 Å². The van der Waals surface area contributed by atoms with E-state index in [9.17, 15) is 4.79 Å². The predicted molar refractivity (Wildman–Crippen MR) is 65.6 cm³/mol. The summed E-state index contributed by atoms with van der Waals surface area (Å²) >= 11 is 0. The Morgan fingerprint density at radius 2 is 2.18 bits per heavy atom. The van der Waals surface area contributed by atoms with Crippen molar-refractivity contribution >= 4 is 5.97 Å². The SMILES string of the molecule is CC(C)COC(=O)COc1cccc(CN)c1. The molecular weight excluding hydrogens is 218 g/mol. The molecule has 0 bridgehead atoms. The highest BCUT2D eigenvalue weighted by molar-refractivity contribution is 5.71. The summed E-state index contributed by atoms with van der Waals surface area (Å²) in [7, 11) is 0. The number of carbonyl (C=O) groups excluding carboxylic acids is 1. The minimum Gasteiger partial charge on any atom is -0.482 e. The van der Waals surface area contributed by atoms with Gasteiger partial charge in [-0.3, -0.25) is 0 Å². The number of carbonyl (C=O) groups is 1. The highest BCUT2D eigenvalue weighted by Crippen LogP contribution is 2.12. The van der Waals surface area contributed by atoms with E-state index in [2.05, 4.69) is 0 Å². The highest BCUT2D eigenvalue weighted by Gasteiger charge is 2.05. The average Bonchev–Trinajstić information content (AvgIpc) is 2.34. The molecule has 0 atom stereocenters. The largest absolute Gasteiger partial charge is 0.482 e. The van der Waals surface area contributed by atoms with Crippen molar-refractivity contribution in [2.24, 2.45) is 11.7 Å². The lowest BCUT2D eigenvalue weighted by molar-refractivity contribution is -0.147. The molecule has 0 spiro atoms. The third-order valence-corrected chi connectivity index (χ3v) is 2.07. The lowest BCUT2D eigenvalue weighted by Crippen LogP contribution is -2.17. The quantitative estimate of drug-likeness (QED) is 0.765. The molecule has 2 N–H and O–H groups in total. The van der Waals surface area contributed by atoms with Crippen molar-refractivity contribution in [3.05, 3.63) is 29.8 Å². The van der Waals surface area contributed by atoms with Crippen LogP contribution in [0.15, 0.2) is 24.3 Å². The number of benzene rings is 1. The van der Waals surface area contributed by atoms with E-state index in [1.54, 1.807) is 6.07 Å². The van der Waals surface area contributed by atoms with Crippen LogP contribution in [0.5, 0.6) is 5.75 Å². The van der Waals surface area contributed by atoms with Crippen LogP contribution in [-0.4, -0.2) is 19.2 Å². The Morgan fingerprint density at radius 3 is 2.82 bits per heavy atom. The Balaban J connectivity index is 2.36. The summed E-state index contributed by atoms with van der Waals surface area (Å²) in [6, 6.07) is 7.35. The molecule has 0 aliphatic rings. The first-order valence-corrected chi connectivity index (χ1v) is 5.69. The molecule has 0 unspecified atom stereocenters.